The van der Waals surface area contributed by atoms with Gasteiger partial charge in [-0.1, -0.05) is 30.3 Å². The van der Waals surface area contributed by atoms with Crippen LogP contribution in [0.2, 0.25) is 0 Å². The Hall–Kier alpha value is -3.55. The van der Waals surface area contributed by atoms with E-state index in [1.807, 2.05) is 55.5 Å². The minimum atomic E-state index is -0.254. The van der Waals surface area contributed by atoms with Gasteiger partial charge in [-0.15, -0.1) is 0 Å². The normalized spacial score (nSPS) is 15.3. The summed E-state index contributed by atoms with van der Waals surface area (Å²) in [6, 6.07) is 14.8. The molecule has 8 heteroatoms. The van der Waals surface area contributed by atoms with Gasteiger partial charge in [0.15, 0.2) is 0 Å². The van der Waals surface area contributed by atoms with Gasteiger partial charge in [-0.3, -0.25) is 14.5 Å². The van der Waals surface area contributed by atoms with E-state index in [1.165, 1.54) is 0 Å². The summed E-state index contributed by atoms with van der Waals surface area (Å²) in [6.07, 6.45) is 1.78. The van der Waals surface area contributed by atoms with Gasteiger partial charge in [0.2, 0.25) is 5.91 Å². The number of ether oxygens (including phenoxy) is 2. The molecule has 0 spiro atoms. The van der Waals surface area contributed by atoms with Crippen LogP contribution in [-0.2, 0) is 27.3 Å². The lowest BCUT2D eigenvalue weighted by Gasteiger charge is -2.31. The summed E-state index contributed by atoms with van der Waals surface area (Å²) in [5.74, 6) is 0.221. The van der Waals surface area contributed by atoms with Crippen LogP contribution in [0.25, 0.3) is 0 Å². The van der Waals surface area contributed by atoms with Crippen molar-refractivity contribution in [3.05, 3.63) is 59.7 Å². The highest BCUT2D eigenvalue weighted by molar-refractivity contribution is 5.92. The van der Waals surface area contributed by atoms with E-state index in [0.29, 0.717) is 38.5 Å². The van der Waals surface area contributed by atoms with Crippen molar-refractivity contribution < 1.29 is 23.9 Å². The summed E-state index contributed by atoms with van der Waals surface area (Å²) in [5.41, 5.74) is 2.46. The number of piperidine rings is 1. The van der Waals surface area contributed by atoms with Crippen molar-refractivity contribution in [1.29, 1.82) is 0 Å². The topological polar surface area (TPSA) is 88.2 Å². The molecule has 8 nitrogen and oxygen atoms in total. The second kappa shape index (κ2) is 12.8. The van der Waals surface area contributed by atoms with Gasteiger partial charge in [-0.05, 0) is 50.5 Å². The largest absolute Gasteiger partial charge is 0.496 e. The van der Waals surface area contributed by atoms with E-state index in [2.05, 4.69) is 5.32 Å². The van der Waals surface area contributed by atoms with Gasteiger partial charge in [0.25, 0.3) is 0 Å². The van der Waals surface area contributed by atoms with Crippen molar-refractivity contribution in [3.8, 4) is 5.75 Å². The summed E-state index contributed by atoms with van der Waals surface area (Å²) in [7, 11) is 1.61. The summed E-state index contributed by atoms with van der Waals surface area (Å²) in [5, 5.41) is 2.86. The highest BCUT2D eigenvalue weighted by Crippen LogP contribution is 2.24. The van der Waals surface area contributed by atoms with Crippen molar-refractivity contribution >= 4 is 23.6 Å². The lowest BCUT2D eigenvalue weighted by Crippen LogP contribution is -2.43. The number of anilines is 1. The van der Waals surface area contributed by atoms with Crippen LogP contribution in [0.15, 0.2) is 48.5 Å². The quantitative estimate of drug-likeness (QED) is 0.551. The van der Waals surface area contributed by atoms with Crippen molar-refractivity contribution in [3.63, 3.8) is 0 Å². The molecule has 2 aromatic carbocycles. The van der Waals surface area contributed by atoms with Gasteiger partial charge < -0.3 is 19.7 Å². The summed E-state index contributed by atoms with van der Waals surface area (Å²) in [6.45, 7) is 5.92. The van der Waals surface area contributed by atoms with Crippen LogP contribution in [0.5, 0.6) is 5.75 Å². The molecule has 3 rings (SSSR count). The molecule has 0 aliphatic carbocycles. The molecule has 0 radical (unpaired) electrons. The molecule has 1 N–H and O–H groups in total. The number of methoxy groups -OCH3 is 1. The van der Waals surface area contributed by atoms with Crippen LogP contribution < -0.4 is 15.0 Å². The smallest absolute Gasteiger partial charge is 0.322 e. The Labute approximate surface area is 207 Å². The third-order valence-corrected chi connectivity index (χ3v) is 6.09. The van der Waals surface area contributed by atoms with Crippen LogP contribution in [0, 0.1) is 5.92 Å². The minimum Gasteiger partial charge on any atom is -0.496 e. The number of carbonyl (C=O) groups excluding carboxylic acids is 3. The second-order valence-electron chi connectivity index (χ2n) is 8.51. The standard InChI is InChI=1S/C27H35N3O5/c1-4-28-27(33)30(19-21-9-6-7-11-24(21)34-3)23-14-12-20(13-15-23)17-25(31)29-16-8-10-22(18-29)26(32)35-5-2/h6-7,9,11-15,22H,4-5,8,10,16-19H2,1-3H3,(H,28,33). The lowest BCUT2D eigenvalue weighted by atomic mass is 9.97. The van der Waals surface area contributed by atoms with E-state index in [-0.39, 0.29) is 30.2 Å². The molecule has 1 aliphatic rings. The van der Waals surface area contributed by atoms with E-state index in [0.717, 1.165) is 29.7 Å². The van der Waals surface area contributed by atoms with Crippen LogP contribution >= 0.6 is 0 Å². The maximum absolute atomic E-state index is 12.9. The first-order valence-corrected chi connectivity index (χ1v) is 12.2. The number of rotatable bonds is 9. The van der Waals surface area contributed by atoms with Gasteiger partial charge in [0.05, 0.1) is 32.6 Å². The van der Waals surface area contributed by atoms with E-state index in [9.17, 15) is 14.4 Å². The number of carbonyl (C=O) groups is 3. The molecule has 1 saturated heterocycles. The number of esters is 1. The highest BCUT2D eigenvalue weighted by atomic mass is 16.5. The molecule has 1 unspecified atom stereocenters. The maximum Gasteiger partial charge on any atom is 0.322 e. The summed E-state index contributed by atoms with van der Waals surface area (Å²) < 4.78 is 10.6. The fourth-order valence-corrected chi connectivity index (χ4v) is 4.27. The molecular formula is C27H35N3O5. The number of likely N-dealkylation sites (tertiary alicyclic amines) is 1. The van der Waals surface area contributed by atoms with E-state index >= 15 is 0 Å². The first-order valence-electron chi connectivity index (χ1n) is 12.2. The molecule has 1 heterocycles. The van der Waals surface area contributed by atoms with E-state index in [1.54, 1.807) is 23.8 Å². The molecule has 0 saturated carbocycles. The van der Waals surface area contributed by atoms with Gasteiger partial charge in [-0.25, -0.2) is 4.79 Å². The lowest BCUT2D eigenvalue weighted by molar-refractivity contribution is -0.151. The van der Waals surface area contributed by atoms with Gasteiger partial charge in [0.1, 0.15) is 5.75 Å². The number of benzene rings is 2. The summed E-state index contributed by atoms with van der Waals surface area (Å²) in [4.78, 5) is 41.2. The fraction of sp³-hybridized carbons (Fsp3) is 0.444. The molecule has 35 heavy (non-hydrogen) atoms. The number of hydrogen-bond donors (Lipinski definition) is 1. The number of hydrogen-bond acceptors (Lipinski definition) is 5. The number of para-hydroxylation sites is 1. The Morgan fingerprint density at radius 3 is 2.51 bits per heavy atom. The van der Waals surface area contributed by atoms with Crippen molar-refractivity contribution in [2.45, 2.75) is 39.7 Å². The average molecular weight is 482 g/mol. The summed E-state index contributed by atoms with van der Waals surface area (Å²) >= 11 is 0. The highest BCUT2D eigenvalue weighted by Gasteiger charge is 2.29. The zero-order valence-corrected chi connectivity index (χ0v) is 20.8. The number of urea groups is 1. The van der Waals surface area contributed by atoms with Crippen molar-refractivity contribution in [2.75, 3.05) is 38.3 Å². The number of amides is 3. The van der Waals surface area contributed by atoms with Crippen LogP contribution in [0.4, 0.5) is 10.5 Å². The third-order valence-electron chi connectivity index (χ3n) is 6.09. The second-order valence-corrected chi connectivity index (χ2v) is 8.51. The molecular weight excluding hydrogens is 446 g/mol. The zero-order chi connectivity index (χ0) is 25.2. The van der Waals surface area contributed by atoms with E-state index in [4.69, 9.17) is 9.47 Å². The van der Waals surface area contributed by atoms with Crippen molar-refractivity contribution in [1.82, 2.24) is 10.2 Å². The third kappa shape index (κ3) is 6.97. The maximum atomic E-state index is 12.9. The Morgan fingerprint density at radius 2 is 1.83 bits per heavy atom. The Morgan fingerprint density at radius 1 is 1.09 bits per heavy atom. The van der Waals surface area contributed by atoms with Gasteiger partial charge in [0, 0.05) is 30.9 Å². The number of nitrogens with zero attached hydrogens (tertiary/aromatic N) is 2. The fourth-order valence-electron chi connectivity index (χ4n) is 4.27. The average Bonchev–Trinajstić information content (AvgIpc) is 2.88. The zero-order valence-electron chi connectivity index (χ0n) is 20.8. The minimum absolute atomic E-state index is 0.0126. The Bertz CT molecular complexity index is 1010. The molecule has 0 bridgehead atoms. The molecule has 1 atom stereocenters. The molecule has 3 amide bonds. The molecule has 2 aromatic rings. The Kier molecular flexibility index (Phi) is 9.52. The number of nitrogens with one attached hydrogen (secondary N) is 1. The molecule has 1 aliphatic heterocycles. The van der Waals surface area contributed by atoms with E-state index < -0.39 is 0 Å². The van der Waals surface area contributed by atoms with Crippen LogP contribution in [0.3, 0.4) is 0 Å². The predicted molar refractivity (Wildman–Crippen MR) is 134 cm³/mol. The monoisotopic (exact) mass is 481 g/mol. The SMILES string of the molecule is CCNC(=O)N(Cc1ccccc1OC)c1ccc(CC(=O)N2CCCC(C(=O)OCC)C2)cc1. The van der Waals surface area contributed by atoms with Crippen molar-refractivity contribution in [2.24, 2.45) is 5.92 Å². The molecule has 188 valence electrons. The van der Waals surface area contributed by atoms with Gasteiger partial charge >= 0.3 is 12.0 Å². The molecule has 0 aromatic heterocycles. The first kappa shape index (κ1) is 26.1. The Balaban J connectivity index is 1.69. The van der Waals surface area contributed by atoms with Crippen LogP contribution in [-0.4, -0.2) is 56.2 Å². The predicted octanol–water partition coefficient (Wildman–Crippen LogP) is 3.78. The van der Waals surface area contributed by atoms with Gasteiger partial charge in [-0.2, -0.15) is 0 Å². The van der Waals surface area contributed by atoms with Crippen LogP contribution in [0.1, 0.15) is 37.8 Å². The first-order chi connectivity index (χ1) is 17.0. The molecule has 1 fully saturated rings.